The molecule has 27 heavy (non-hydrogen) atoms. The van der Waals surface area contributed by atoms with Gasteiger partial charge in [0.2, 0.25) is 0 Å². The molecule has 2 rings (SSSR count). The molecule has 8 nitrogen and oxygen atoms in total. The van der Waals surface area contributed by atoms with Crippen molar-refractivity contribution in [2.24, 2.45) is 0 Å². The van der Waals surface area contributed by atoms with Crippen molar-refractivity contribution in [1.82, 2.24) is 9.88 Å². The maximum absolute atomic E-state index is 11.3. The van der Waals surface area contributed by atoms with Crippen molar-refractivity contribution in [2.75, 3.05) is 18.4 Å². The zero-order valence-electron chi connectivity index (χ0n) is 15.5. The van der Waals surface area contributed by atoms with E-state index in [1.807, 2.05) is 26.8 Å². The van der Waals surface area contributed by atoms with E-state index in [2.05, 4.69) is 26.2 Å². The Bertz CT molecular complexity index is 851. The number of fused-ring (bicyclic) bond motifs is 1. The molecule has 146 valence electrons. The highest BCUT2D eigenvalue weighted by atomic mass is 79.9. The largest absolute Gasteiger partial charge is 0.465 e. The third kappa shape index (κ3) is 5.29. The summed E-state index contributed by atoms with van der Waals surface area (Å²) in [7, 11) is 0. The number of hydrogen-bond acceptors (Lipinski definition) is 5. The van der Waals surface area contributed by atoms with Crippen LogP contribution in [0.4, 0.5) is 16.2 Å². The number of hydrogen-bond donors (Lipinski definition) is 2. The van der Waals surface area contributed by atoms with Gasteiger partial charge in [-0.2, -0.15) is 0 Å². The van der Waals surface area contributed by atoms with Crippen LogP contribution in [0.5, 0.6) is 0 Å². The molecule has 0 atom stereocenters. The van der Waals surface area contributed by atoms with Gasteiger partial charge in [-0.1, -0.05) is 15.9 Å². The highest BCUT2D eigenvalue weighted by Crippen LogP contribution is 2.32. The molecule has 9 heteroatoms. The van der Waals surface area contributed by atoms with E-state index in [-0.39, 0.29) is 5.69 Å². The minimum absolute atomic E-state index is 0.0772. The lowest BCUT2D eigenvalue weighted by molar-refractivity contribution is -0.384. The van der Waals surface area contributed by atoms with Gasteiger partial charge in [0.25, 0.3) is 0 Å². The van der Waals surface area contributed by atoms with Crippen LogP contribution in [-0.2, 0) is 0 Å². The van der Waals surface area contributed by atoms with Gasteiger partial charge in [0.15, 0.2) is 0 Å². The fourth-order valence-electron chi connectivity index (χ4n) is 2.81. The summed E-state index contributed by atoms with van der Waals surface area (Å²) in [6, 6.07) is 5.40. The number of nitrogens with one attached hydrogen (secondary N) is 1. The average Bonchev–Trinajstić information content (AvgIpc) is 2.55. The summed E-state index contributed by atoms with van der Waals surface area (Å²) < 4.78 is 0.846. The van der Waals surface area contributed by atoms with E-state index in [1.54, 1.807) is 12.1 Å². The molecule has 0 aliphatic carbocycles. The number of nitro groups is 1. The highest BCUT2D eigenvalue weighted by Gasteiger charge is 2.25. The molecule has 0 aliphatic heterocycles. The normalized spacial score (nSPS) is 11.4. The zero-order chi connectivity index (χ0) is 20.2. The van der Waals surface area contributed by atoms with E-state index in [1.165, 1.54) is 11.1 Å². The van der Waals surface area contributed by atoms with Gasteiger partial charge in [0.05, 0.1) is 10.4 Å². The van der Waals surface area contributed by atoms with Crippen molar-refractivity contribution >= 4 is 44.3 Å². The Morgan fingerprint density at radius 2 is 2.07 bits per heavy atom. The SMILES string of the molecule is CC(C)(C)N(CCCCNc1c([N+](=O)[O-])cnc2cc(Br)ccc12)C(=O)O. The fourth-order valence-corrected chi connectivity index (χ4v) is 3.16. The molecule has 0 aliphatic rings. The number of anilines is 1. The van der Waals surface area contributed by atoms with E-state index in [0.717, 1.165) is 4.47 Å². The molecule has 2 N–H and O–H groups in total. The Hall–Kier alpha value is -2.42. The van der Waals surface area contributed by atoms with Gasteiger partial charge in [0.1, 0.15) is 11.9 Å². The topological polar surface area (TPSA) is 109 Å². The minimum Gasteiger partial charge on any atom is -0.465 e. The van der Waals surface area contributed by atoms with Gasteiger partial charge in [-0.15, -0.1) is 0 Å². The monoisotopic (exact) mass is 438 g/mol. The molecule has 2 aromatic rings. The summed E-state index contributed by atoms with van der Waals surface area (Å²) in [5, 5.41) is 24.5. The molecule has 0 saturated carbocycles. The lowest BCUT2D eigenvalue weighted by atomic mass is 10.1. The lowest BCUT2D eigenvalue weighted by Gasteiger charge is -2.33. The number of carbonyl (C=O) groups is 1. The van der Waals surface area contributed by atoms with Crippen molar-refractivity contribution < 1.29 is 14.8 Å². The summed E-state index contributed by atoms with van der Waals surface area (Å²) in [5.74, 6) is 0. The Balaban J connectivity index is 2.07. The molecule has 1 heterocycles. The quantitative estimate of drug-likeness (QED) is 0.362. The summed E-state index contributed by atoms with van der Waals surface area (Å²) in [6.45, 7) is 6.46. The van der Waals surface area contributed by atoms with Crippen molar-refractivity contribution in [3.8, 4) is 0 Å². The molecule has 0 bridgehead atoms. The number of benzene rings is 1. The van der Waals surface area contributed by atoms with E-state index in [9.17, 15) is 20.0 Å². The minimum atomic E-state index is -0.947. The molecule has 1 amide bonds. The Kier molecular flexibility index (Phi) is 6.59. The molecule has 0 radical (unpaired) electrons. The van der Waals surface area contributed by atoms with Crippen molar-refractivity contribution in [2.45, 2.75) is 39.2 Å². The molecule has 1 aromatic heterocycles. The number of aromatic nitrogens is 1. The van der Waals surface area contributed by atoms with Crippen LogP contribution in [0.25, 0.3) is 10.9 Å². The van der Waals surface area contributed by atoms with Gasteiger partial charge < -0.3 is 15.3 Å². The molecular formula is C18H23BrN4O4. The predicted octanol–water partition coefficient (Wildman–Crippen LogP) is 4.88. The van der Waals surface area contributed by atoms with Crippen LogP contribution in [0, 0.1) is 10.1 Å². The van der Waals surface area contributed by atoms with E-state index in [0.29, 0.717) is 42.5 Å². The van der Waals surface area contributed by atoms with Crippen LogP contribution in [0.3, 0.4) is 0 Å². The Labute approximate surface area is 165 Å². The van der Waals surface area contributed by atoms with Gasteiger partial charge in [-0.3, -0.25) is 10.1 Å². The summed E-state index contributed by atoms with van der Waals surface area (Å²) in [4.78, 5) is 27.8. The fraction of sp³-hybridized carbons (Fsp3) is 0.444. The zero-order valence-corrected chi connectivity index (χ0v) is 17.1. The van der Waals surface area contributed by atoms with Crippen LogP contribution in [0.2, 0.25) is 0 Å². The predicted molar refractivity (Wildman–Crippen MR) is 108 cm³/mol. The Morgan fingerprint density at radius 3 is 2.67 bits per heavy atom. The van der Waals surface area contributed by atoms with Gasteiger partial charge in [-0.25, -0.2) is 9.78 Å². The molecule has 1 aromatic carbocycles. The number of rotatable bonds is 7. The van der Waals surface area contributed by atoms with Crippen LogP contribution in [-0.4, -0.2) is 44.6 Å². The van der Waals surface area contributed by atoms with Crippen molar-refractivity contribution in [3.63, 3.8) is 0 Å². The molecule has 0 unspecified atom stereocenters. The number of nitrogens with zero attached hydrogens (tertiary/aromatic N) is 3. The van der Waals surface area contributed by atoms with Gasteiger partial charge in [-0.05, 0) is 51.8 Å². The third-order valence-electron chi connectivity index (χ3n) is 4.16. The van der Waals surface area contributed by atoms with Crippen molar-refractivity contribution in [3.05, 3.63) is 39.0 Å². The second kappa shape index (κ2) is 8.51. The summed E-state index contributed by atoms with van der Waals surface area (Å²) >= 11 is 3.37. The van der Waals surface area contributed by atoms with Gasteiger partial charge in [0, 0.05) is 28.5 Å². The summed E-state index contributed by atoms with van der Waals surface area (Å²) in [5.41, 5.74) is 0.546. The third-order valence-corrected chi connectivity index (χ3v) is 4.65. The first-order chi connectivity index (χ1) is 12.6. The standard InChI is InChI=1S/C18H23BrN4O4/c1-18(2,3)22(17(24)25)9-5-4-8-20-16-13-7-6-12(19)10-14(13)21-11-15(16)23(26)27/h6-7,10-11H,4-5,8-9H2,1-3H3,(H,20,21)(H,24,25). The first-order valence-electron chi connectivity index (χ1n) is 8.58. The number of pyridine rings is 1. The smallest absolute Gasteiger partial charge is 0.407 e. The lowest BCUT2D eigenvalue weighted by Crippen LogP contribution is -2.45. The average molecular weight is 439 g/mol. The maximum atomic E-state index is 11.3. The van der Waals surface area contributed by atoms with E-state index in [4.69, 9.17) is 0 Å². The molecule has 0 spiro atoms. The first kappa shape index (κ1) is 20.9. The Morgan fingerprint density at radius 1 is 1.37 bits per heavy atom. The number of halogens is 1. The van der Waals surface area contributed by atoms with Gasteiger partial charge >= 0.3 is 11.8 Å². The highest BCUT2D eigenvalue weighted by molar-refractivity contribution is 9.10. The second-order valence-corrected chi connectivity index (χ2v) is 8.09. The van der Waals surface area contributed by atoms with E-state index < -0.39 is 16.6 Å². The van der Waals surface area contributed by atoms with Crippen LogP contribution in [0.15, 0.2) is 28.9 Å². The molecule has 0 saturated heterocycles. The van der Waals surface area contributed by atoms with Crippen LogP contribution >= 0.6 is 15.9 Å². The maximum Gasteiger partial charge on any atom is 0.407 e. The van der Waals surface area contributed by atoms with Crippen LogP contribution < -0.4 is 5.32 Å². The van der Waals surface area contributed by atoms with E-state index >= 15 is 0 Å². The second-order valence-electron chi connectivity index (χ2n) is 7.18. The first-order valence-corrected chi connectivity index (χ1v) is 9.37. The van der Waals surface area contributed by atoms with Crippen molar-refractivity contribution in [1.29, 1.82) is 0 Å². The molecule has 0 fully saturated rings. The molecular weight excluding hydrogens is 416 g/mol. The summed E-state index contributed by atoms with van der Waals surface area (Å²) in [6.07, 6.45) is 1.64. The number of unbranched alkanes of at least 4 members (excludes halogenated alkanes) is 1. The van der Waals surface area contributed by atoms with Crippen LogP contribution in [0.1, 0.15) is 33.6 Å². The number of amides is 1. The number of carboxylic acid groups (broad SMARTS) is 1.